The highest BCUT2D eigenvalue weighted by atomic mass is 16.5. The molecule has 0 aromatic carbocycles. The van der Waals surface area contributed by atoms with Crippen molar-refractivity contribution < 1.29 is 4.74 Å². The molecule has 8 nitrogen and oxygen atoms in total. The van der Waals surface area contributed by atoms with E-state index in [9.17, 15) is 0 Å². The van der Waals surface area contributed by atoms with Crippen molar-refractivity contribution in [3.63, 3.8) is 0 Å². The predicted octanol–water partition coefficient (Wildman–Crippen LogP) is 3.06. The summed E-state index contributed by atoms with van der Waals surface area (Å²) in [5, 5.41) is 10.4. The van der Waals surface area contributed by atoms with Crippen molar-refractivity contribution in [2.24, 2.45) is 0 Å². The van der Waals surface area contributed by atoms with Crippen molar-refractivity contribution in [1.29, 1.82) is 0 Å². The standard InChI is InChI=1S/C14H15N7.C5H10O/c1-15-11-8-17-12-13(18-11)19-20-14(12)21-7-3-4-9-10(21)5-2-6-16-9;1-2-4-6-5-3-1/h2,5-6,8H,3-4,7H2,1H3,(H2,15,18,19,20);1-5H2. The van der Waals surface area contributed by atoms with E-state index >= 15 is 0 Å². The minimum absolute atomic E-state index is 0.688. The van der Waals surface area contributed by atoms with Crippen LogP contribution in [0.25, 0.3) is 11.2 Å². The lowest BCUT2D eigenvalue weighted by Crippen LogP contribution is -2.25. The van der Waals surface area contributed by atoms with Crippen LogP contribution in [0.15, 0.2) is 24.5 Å². The number of aryl methyl sites for hydroxylation is 1. The Morgan fingerprint density at radius 1 is 1.15 bits per heavy atom. The summed E-state index contributed by atoms with van der Waals surface area (Å²) < 4.78 is 5.07. The van der Waals surface area contributed by atoms with Crippen LogP contribution in [0, 0.1) is 0 Å². The highest BCUT2D eigenvalue weighted by Gasteiger charge is 2.23. The first-order valence-electron chi connectivity index (χ1n) is 9.55. The second kappa shape index (κ2) is 8.30. The summed E-state index contributed by atoms with van der Waals surface area (Å²) in [7, 11) is 1.82. The second-order valence-corrected chi connectivity index (χ2v) is 6.65. The monoisotopic (exact) mass is 367 g/mol. The van der Waals surface area contributed by atoms with E-state index in [1.54, 1.807) is 6.20 Å². The van der Waals surface area contributed by atoms with Gasteiger partial charge in [0.2, 0.25) is 0 Å². The third-order valence-electron chi connectivity index (χ3n) is 4.79. The molecule has 0 spiro atoms. The summed E-state index contributed by atoms with van der Waals surface area (Å²) in [5.74, 6) is 1.53. The molecule has 0 unspecified atom stereocenters. The van der Waals surface area contributed by atoms with Gasteiger partial charge in [0.05, 0.1) is 17.6 Å². The number of ether oxygens (including phenoxy) is 1. The molecule has 27 heavy (non-hydrogen) atoms. The third-order valence-corrected chi connectivity index (χ3v) is 4.79. The highest BCUT2D eigenvalue weighted by molar-refractivity contribution is 5.87. The van der Waals surface area contributed by atoms with Crippen LogP contribution in [0.4, 0.5) is 17.3 Å². The lowest BCUT2D eigenvalue weighted by molar-refractivity contribution is 0.0968. The van der Waals surface area contributed by atoms with Gasteiger partial charge >= 0.3 is 0 Å². The van der Waals surface area contributed by atoms with E-state index in [4.69, 9.17) is 4.74 Å². The van der Waals surface area contributed by atoms with Crippen LogP contribution in [0.2, 0.25) is 0 Å². The number of H-pyrrole nitrogens is 1. The first-order valence-corrected chi connectivity index (χ1v) is 9.55. The van der Waals surface area contributed by atoms with E-state index in [1.165, 1.54) is 19.3 Å². The number of hydrogen-bond donors (Lipinski definition) is 2. The van der Waals surface area contributed by atoms with Crippen molar-refractivity contribution >= 4 is 28.5 Å². The Labute approximate surface area is 158 Å². The predicted molar refractivity (Wildman–Crippen MR) is 105 cm³/mol. The Morgan fingerprint density at radius 2 is 2.04 bits per heavy atom. The van der Waals surface area contributed by atoms with Crippen LogP contribution < -0.4 is 10.2 Å². The van der Waals surface area contributed by atoms with Gasteiger partial charge in [-0.25, -0.2) is 9.97 Å². The molecule has 0 bridgehead atoms. The van der Waals surface area contributed by atoms with Gasteiger partial charge in [0, 0.05) is 33.0 Å². The first kappa shape index (κ1) is 17.7. The molecule has 0 amide bonds. The summed E-state index contributed by atoms with van der Waals surface area (Å²) in [6, 6.07) is 4.04. The quantitative estimate of drug-likeness (QED) is 0.719. The van der Waals surface area contributed by atoms with Gasteiger partial charge in [-0.15, -0.1) is 0 Å². The summed E-state index contributed by atoms with van der Waals surface area (Å²) in [6.45, 7) is 2.91. The van der Waals surface area contributed by atoms with Crippen molar-refractivity contribution in [1.82, 2.24) is 25.1 Å². The van der Waals surface area contributed by atoms with Gasteiger partial charge in [-0.2, -0.15) is 5.10 Å². The Kier molecular flexibility index (Phi) is 5.43. The Balaban J connectivity index is 0.000000257. The van der Waals surface area contributed by atoms with Gasteiger partial charge in [0.25, 0.3) is 0 Å². The van der Waals surface area contributed by atoms with Gasteiger partial charge in [-0.3, -0.25) is 10.1 Å². The Hall–Kier alpha value is -2.74. The average molecular weight is 367 g/mol. The molecule has 2 aliphatic rings. The minimum Gasteiger partial charge on any atom is -0.381 e. The van der Waals surface area contributed by atoms with E-state index in [0.717, 1.165) is 61.1 Å². The SMILES string of the molecule is C1CCOCC1.CNc1cnc2c(N3CCCc4ncccc43)n[nH]c2n1. The third kappa shape index (κ3) is 3.85. The molecule has 0 saturated carbocycles. The largest absolute Gasteiger partial charge is 0.381 e. The first-order chi connectivity index (χ1) is 13.4. The van der Waals surface area contributed by atoms with Gasteiger partial charge < -0.3 is 15.0 Å². The number of nitrogens with one attached hydrogen (secondary N) is 2. The molecule has 0 atom stereocenters. The van der Waals surface area contributed by atoms with E-state index < -0.39 is 0 Å². The molecule has 5 rings (SSSR count). The highest BCUT2D eigenvalue weighted by Crippen LogP contribution is 2.33. The number of pyridine rings is 1. The molecular formula is C19H25N7O. The van der Waals surface area contributed by atoms with Crippen molar-refractivity contribution in [3.8, 4) is 0 Å². The fraction of sp³-hybridized carbons (Fsp3) is 0.474. The Bertz CT molecular complexity index is 879. The second-order valence-electron chi connectivity index (χ2n) is 6.65. The summed E-state index contributed by atoms with van der Waals surface area (Å²) in [4.78, 5) is 15.5. The van der Waals surface area contributed by atoms with Crippen LogP contribution in [-0.2, 0) is 11.2 Å². The summed E-state index contributed by atoms with van der Waals surface area (Å²) >= 11 is 0. The van der Waals surface area contributed by atoms with Crippen LogP contribution in [0.3, 0.4) is 0 Å². The number of anilines is 3. The smallest absolute Gasteiger partial charge is 0.183 e. The van der Waals surface area contributed by atoms with Crippen molar-refractivity contribution in [3.05, 3.63) is 30.2 Å². The molecular weight excluding hydrogens is 342 g/mol. The zero-order chi connectivity index (χ0) is 18.5. The van der Waals surface area contributed by atoms with Crippen LogP contribution >= 0.6 is 0 Å². The maximum absolute atomic E-state index is 5.07. The van der Waals surface area contributed by atoms with E-state index in [2.05, 4.69) is 41.4 Å². The van der Waals surface area contributed by atoms with Crippen LogP contribution in [0.5, 0.6) is 0 Å². The molecule has 3 aromatic heterocycles. The number of rotatable bonds is 2. The molecule has 2 aliphatic heterocycles. The lowest BCUT2D eigenvalue weighted by Gasteiger charge is -2.28. The maximum Gasteiger partial charge on any atom is 0.183 e. The van der Waals surface area contributed by atoms with Crippen molar-refractivity contribution in [2.45, 2.75) is 32.1 Å². The molecule has 0 aliphatic carbocycles. The molecule has 5 heterocycles. The Morgan fingerprint density at radius 3 is 2.78 bits per heavy atom. The van der Waals surface area contributed by atoms with Gasteiger partial charge in [0.15, 0.2) is 17.0 Å². The number of aromatic amines is 1. The summed E-state index contributed by atoms with van der Waals surface area (Å²) in [6.07, 6.45) is 9.55. The van der Waals surface area contributed by atoms with Crippen molar-refractivity contribution in [2.75, 3.05) is 37.0 Å². The minimum atomic E-state index is 0.688. The van der Waals surface area contributed by atoms with Crippen LogP contribution in [-0.4, -0.2) is 52.0 Å². The number of nitrogens with zero attached hydrogens (tertiary/aromatic N) is 5. The molecule has 2 N–H and O–H groups in total. The topological polar surface area (TPSA) is 91.9 Å². The average Bonchev–Trinajstić information content (AvgIpc) is 3.18. The normalized spacial score (nSPS) is 16.4. The van der Waals surface area contributed by atoms with Gasteiger partial charge in [-0.1, -0.05) is 0 Å². The molecule has 0 radical (unpaired) electrons. The van der Waals surface area contributed by atoms with Gasteiger partial charge in [0.1, 0.15) is 5.82 Å². The number of aromatic nitrogens is 5. The van der Waals surface area contributed by atoms with E-state index in [-0.39, 0.29) is 0 Å². The summed E-state index contributed by atoms with van der Waals surface area (Å²) in [5.41, 5.74) is 3.69. The van der Waals surface area contributed by atoms with Crippen LogP contribution in [0.1, 0.15) is 31.4 Å². The molecule has 3 aromatic rings. The maximum atomic E-state index is 5.07. The van der Waals surface area contributed by atoms with E-state index in [1.807, 2.05) is 19.3 Å². The molecule has 1 fully saturated rings. The molecule has 8 heteroatoms. The zero-order valence-electron chi connectivity index (χ0n) is 15.6. The number of hydrogen-bond acceptors (Lipinski definition) is 7. The molecule has 142 valence electrons. The number of fused-ring (bicyclic) bond motifs is 2. The van der Waals surface area contributed by atoms with E-state index in [0.29, 0.717) is 5.65 Å². The lowest BCUT2D eigenvalue weighted by atomic mass is 10.1. The fourth-order valence-electron chi connectivity index (χ4n) is 3.40. The molecule has 1 saturated heterocycles. The van der Waals surface area contributed by atoms with Gasteiger partial charge in [-0.05, 0) is 44.2 Å². The fourth-order valence-corrected chi connectivity index (χ4v) is 3.40. The zero-order valence-corrected chi connectivity index (χ0v) is 15.6.